The fourth-order valence-corrected chi connectivity index (χ4v) is 3.72. The van der Waals surface area contributed by atoms with Gasteiger partial charge in [-0.1, -0.05) is 23.9 Å². The van der Waals surface area contributed by atoms with E-state index >= 15 is 0 Å². The molecule has 0 N–H and O–H groups in total. The van der Waals surface area contributed by atoms with Crippen LogP contribution in [0.25, 0.3) is 10.9 Å². The molecule has 0 unspecified atom stereocenters. The predicted octanol–water partition coefficient (Wildman–Crippen LogP) is 4.39. The molecule has 2 aromatic carbocycles. The minimum atomic E-state index is -0.619. The fourth-order valence-electron chi connectivity index (χ4n) is 2.77. The Labute approximate surface area is 160 Å². The monoisotopic (exact) mass is 390 g/mol. The quantitative estimate of drug-likeness (QED) is 0.325. The maximum Gasteiger partial charge on any atom is 0.262 e. The molecule has 7 heteroatoms. The zero-order chi connectivity index (χ0) is 19.2. The largest absolute Gasteiger partial charge is 0.382 e. The third kappa shape index (κ3) is 4.93. The van der Waals surface area contributed by atoms with Gasteiger partial charge in [-0.15, -0.1) is 0 Å². The molecule has 142 valence electrons. The van der Waals surface area contributed by atoms with Crippen molar-refractivity contribution in [2.75, 3.05) is 13.2 Å². The van der Waals surface area contributed by atoms with Gasteiger partial charge in [0.25, 0.3) is 5.56 Å². The molecule has 0 fully saturated rings. The van der Waals surface area contributed by atoms with Crippen LogP contribution in [0.2, 0.25) is 0 Å². The normalized spacial score (nSPS) is 11.2. The molecule has 0 aliphatic heterocycles. The summed E-state index contributed by atoms with van der Waals surface area (Å²) in [5.74, 6) is -0.928. The highest BCUT2D eigenvalue weighted by Gasteiger charge is 2.12. The van der Waals surface area contributed by atoms with Crippen LogP contribution in [0.1, 0.15) is 18.9 Å². The molecule has 1 aromatic heterocycles. The van der Waals surface area contributed by atoms with Gasteiger partial charge in [0.15, 0.2) is 5.16 Å². The van der Waals surface area contributed by atoms with Crippen molar-refractivity contribution in [2.45, 2.75) is 30.8 Å². The first-order chi connectivity index (χ1) is 13.1. The number of fused-ring (bicyclic) bond motifs is 1. The van der Waals surface area contributed by atoms with Crippen molar-refractivity contribution in [3.8, 4) is 0 Å². The molecule has 1 heterocycles. The highest BCUT2D eigenvalue weighted by atomic mass is 32.2. The summed E-state index contributed by atoms with van der Waals surface area (Å²) in [6, 6.07) is 10.6. The number of hydrogen-bond acceptors (Lipinski definition) is 4. The molecule has 0 saturated carbocycles. The van der Waals surface area contributed by atoms with Crippen molar-refractivity contribution < 1.29 is 13.5 Å². The van der Waals surface area contributed by atoms with E-state index in [-0.39, 0.29) is 5.56 Å². The topological polar surface area (TPSA) is 44.1 Å². The van der Waals surface area contributed by atoms with Gasteiger partial charge in [0.1, 0.15) is 11.6 Å². The van der Waals surface area contributed by atoms with Crippen LogP contribution in [-0.2, 0) is 17.0 Å². The average molecular weight is 390 g/mol. The molecule has 0 atom stereocenters. The summed E-state index contributed by atoms with van der Waals surface area (Å²) in [4.78, 5) is 17.5. The predicted molar refractivity (Wildman–Crippen MR) is 103 cm³/mol. The van der Waals surface area contributed by atoms with E-state index in [1.54, 1.807) is 22.8 Å². The second kappa shape index (κ2) is 9.10. The van der Waals surface area contributed by atoms with Gasteiger partial charge in [-0.05, 0) is 43.2 Å². The van der Waals surface area contributed by atoms with Gasteiger partial charge in [0, 0.05) is 31.6 Å². The van der Waals surface area contributed by atoms with Crippen LogP contribution >= 0.6 is 11.8 Å². The minimum Gasteiger partial charge on any atom is -0.382 e. The SMILES string of the molecule is CCOCCCn1c(SCc2cc(F)cc(F)c2)nc2ccccc2c1=O. The minimum absolute atomic E-state index is 0.120. The molecule has 0 bridgehead atoms. The van der Waals surface area contributed by atoms with Crippen LogP contribution in [0, 0.1) is 11.6 Å². The molecule has 0 radical (unpaired) electrons. The summed E-state index contributed by atoms with van der Waals surface area (Å²) in [5.41, 5.74) is 0.988. The van der Waals surface area contributed by atoms with Crippen LogP contribution < -0.4 is 5.56 Å². The van der Waals surface area contributed by atoms with Gasteiger partial charge < -0.3 is 4.74 Å². The molecular weight excluding hydrogens is 370 g/mol. The Hall–Kier alpha value is -2.25. The van der Waals surface area contributed by atoms with Gasteiger partial charge in [0.05, 0.1) is 10.9 Å². The number of rotatable bonds is 8. The molecule has 0 amide bonds. The van der Waals surface area contributed by atoms with E-state index in [0.717, 1.165) is 6.07 Å². The van der Waals surface area contributed by atoms with Crippen LogP contribution in [0.3, 0.4) is 0 Å². The molecule has 4 nitrogen and oxygen atoms in total. The van der Waals surface area contributed by atoms with Crippen molar-refractivity contribution in [2.24, 2.45) is 0 Å². The fraction of sp³-hybridized carbons (Fsp3) is 0.300. The highest BCUT2D eigenvalue weighted by Crippen LogP contribution is 2.23. The third-order valence-corrected chi connectivity index (χ3v) is 5.04. The zero-order valence-corrected chi connectivity index (χ0v) is 15.8. The lowest BCUT2D eigenvalue weighted by molar-refractivity contribution is 0.140. The van der Waals surface area contributed by atoms with E-state index in [2.05, 4.69) is 4.98 Å². The Balaban J connectivity index is 1.90. The van der Waals surface area contributed by atoms with E-state index in [1.807, 2.05) is 13.0 Å². The average Bonchev–Trinajstić information content (AvgIpc) is 2.64. The zero-order valence-electron chi connectivity index (χ0n) is 15.0. The number of hydrogen-bond donors (Lipinski definition) is 0. The first-order valence-electron chi connectivity index (χ1n) is 8.73. The summed E-state index contributed by atoms with van der Waals surface area (Å²) >= 11 is 1.29. The molecule has 0 aliphatic rings. The molecule has 3 rings (SSSR count). The lowest BCUT2D eigenvalue weighted by Gasteiger charge is -2.13. The smallest absolute Gasteiger partial charge is 0.262 e. The highest BCUT2D eigenvalue weighted by molar-refractivity contribution is 7.98. The molecule has 0 spiro atoms. The number of aromatic nitrogens is 2. The number of nitrogens with zero attached hydrogens (tertiary/aromatic N) is 2. The van der Waals surface area contributed by atoms with Crippen molar-refractivity contribution in [3.63, 3.8) is 0 Å². The Morgan fingerprint density at radius 1 is 1.15 bits per heavy atom. The number of ether oxygens (including phenoxy) is 1. The number of halogens is 2. The third-order valence-electron chi connectivity index (χ3n) is 3.99. The lowest BCUT2D eigenvalue weighted by Crippen LogP contribution is -2.24. The van der Waals surface area contributed by atoms with Gasteiger partial charge in [0.2, 0.25) is 0 Å². The first-order valence-corrected chi connectivity index (χ1v) is 9.72. The van der Waals surface area contributed by atoms with Crippen LogP contribution in [0.4, 0.5) is 8.78 Å². The van der Waals surface area contributed by atoms with Crippen LogP contribution in [0.15, 0.2) is 52.4 Å². The first kappa shape index (κ1) is 19.5. The van der Waals surface area contributed by atoms with Crippen LogP contribution in [0.5, 0.6) is 0 Å². The maximum atomic E-state index is 13.4. The maximum absolute atomic E-state index is 13.4. The molecule has 3 aromatic rings. The van der Waals surface area contributed by atoms with E-state index < -0.39 is 11.6 Å². The molecule has 27 heavy (non-hydrogen) atoms. The van der Waals surface area contributed by atoms with Crippen molar-refractivity contribution in [1.29, 1.82) is 0 Å². The van der Waals surface area contributed by atoms with E-state index in [9.17, 15) is 13.6 Å². The van der Waals surface area contributed by atoms with Crippen molar-refractivity contribution in [1.82, 2.24) is 9.55 Å². The summed E-state index contributed by atoms with van der Waals surface area (Å²) in [6.07, 6.45) is 0.677. The van der Waals surface area contributed by atoms with Crippen LogP contribution in [-0.4, -0.2) is 22.8 Å². The summed E-state index contributed by atoms with van der Waals surface area (Å²) in [7, 11) is 0. The molecule has 0 saturated heterocycles. The Morgan fingerprint density at radius 2 is 1.89 bits per heavy atom. The summed E-state index contributed by atoms with van der Waals surface area (Å²) in [5, 5.41) is 1.08. The van der Waals surface area contributed by atoms with Gasteiger partial charge in [-0.25, -0.2) is 13.8 Å². The Morgan fingerprint density at radius 3 is 2.63 bits per heavy atom. The molecule has 0 aliphatic carbocycles. The standard InChI is InChI=1S/C20H20F2N2O2S/c1-2-26-9-5-8-24-19(25)17-6-3-4-7-18(17)23-20(24)27-13-14-10-15(21)12-16(22)11-14/h3-4,6-7,10-12H,2,5,8-9,13H2,1H3. The van der Waals surface area contributed by atoms with Gasteiger partial charge in [-0.2, -0.15) is 0 Å². The van der Waals surface area contributed by atoms with Crippen molar-refractivity contribution >= 4 is 22.7 Å². The Bertz CT molecular complexity index is 971. The number of thioether (sulfide) groups is 1. The van der Waals surface area contributed by atoms with Gasteiger partial charge >= 0.3 is 0 Å². The molecular formula is C20H20F2N2O2S. The summed E-state index contributed by atoms with van der Waals surface area (Å²) in [6.45, 7) is 3.56. The number of para-hydroxylation sites is 1. The van der Waals surface area contributed by atoms with Gasteiger partial charge in [-0.3, -0.25) is 9.36 Å². The summed E-state index contributed by atoms with van der Waals surface area (Å²) < 4.78 is 33.8. The van der Waals surface area contributed by atoms with E-state index in [0.29, 0.717) is 53.6 Å². The van der Waals surface area contributed by atoms with E-state index in [4.69, 9.17) is 4.74 Å². The second-order valence-corrected chi connectivity index (χ2v) is 6.93. The Kier molecular flexibility index (Phi) is 6.58. The second-order valence-electron chi connectivity index (χ2n) is 5.99. The number of benzene rings is 2. The van der Waals surface area contributed by atoms with Crippen molar-refractivity contribution in [3.05, 3.63) is 70.0 Å². The van der Waals surface area contributed by atoms with E-state index in [1.165, 1.54) is 23.9 Å². The lowest BCUT2D eigenvalue weighted by atomic mass is 10.2.